The fourth-order valence-electron chi connectivity index (χ4n) is 3.34. The highest BCUT2D eigenvalue weighted by Crippen LogP contribution is 2.30. The quantitative estimate of drug-likeness (QED) is 0.284. The Bertz CT molecular complexity index is 1240. The van der Waals surface area contributed by atoms with E-state index in [4.69, 9.17) is 23.2 Å². The van der Waals surface area contributed by atoms with Crippen molar-refractivity contribution >= 4 is 46.6 Å². The van der Waals surface area contributed by atoms with Crippen molar-refractivity contribution in [2.75, 3.05) is 11.1 Å². The Labute approximate surface area is 207 Å². The van der Waals surface area contributed by atoms with Gasteiger partial charge in [-0.1, -0.05) is 90.4 Å². The maximum atomic E-state index is 12.6. The van der Waals surface area contributed by atoms with Crippen molar-refractivity contribution in [3.8, 4) is 5.69 Å². The molecule has 0 saturated heterocycles. The molecule has 0 aliphatic rings. The summed E-state index contributed by atoms with van der Waals surface area (Å²) in [6.45, 7) is 2.13. The summed E-state index contributed by atoms with van der Waals surface area (Å²) in [5, 5.41) is 13.0. The highest BCUT2D eigenvalue weighted by molar-refractivity contribution is 7.99. The number of hydrogen-bond donors (Lipinski definition) is 1. The van der Waals surface area contributed by atoms with Crippen molar-refractivity contribution in [2.24, 2.45) is 0 Å². The second-order valence-corrected chi connectivity index (χ2v) is 9.08. The molecule has 0 bridgehead atoms. The summed E-state index contributed by atoms with van der Waals surface area (Å²) in [5.74, 6) is 0.759. The van der Waals surface area contributed by atoms with E-state index in [1.54, 1.807) is 18.2 Å². The van der Waals surface area contributed by atoms with Crippen molar-refractivity contribution < 1.29 is 4.79 Å². The minimum absolute atomic E-state index is 0.152. The summed E-state index contributed by atoms with van der Waals surface area (Å²) in [4.78, 5) is 12.6. The van der Waals surface area contributed by atoms with Crippen molar-refractivity contribution in [2.45, 2.75) is 24.9 Å². The number of hydrogen-bond acceptors (Lipinski definition) is 4. The smallest absolute Gasteiger partial charge is 0.234 e. The molecular formula is C25H22Cl2N4OS. The van der Waals surface area contributed by atoms with Gasteiger partial charge >= 0.3 is 0 Å². The van der Waals surface area contributed by atoms with Crippen molar-refractivity contribution in [3.05, 3.63) is 99.8 Å². The van der Waals surface area contributed by atoms with Crippen molar-refractivity contribution in [3.63, 3.8) is 0 Å². The Morgan fingerprint density at radius 2 is 1.70 bits per heavy atom. The van der Waals surface area contributed by atoms with Crippen LogP contribution < -0.4 is 5.32 Å². The van der Waals surface area contributed by atoms with Gasteiger partial charge < -0.3 is 5.32 Å². The minimum atomic E-state index is -0.204. The Morgan fingerprint density at radius 1 is 0.939 bits per heavy atom. The lowest BCUT2D eigenvalue weighted by molar-refractivity contribution is -0.113. The van der Waals surface area contributed by atoms with Gasteiger partial charge in [-0.3, -0.25) is 9.36 Å². The summed E-state index contributed by atoms with van der Waals surface area (Å²) < 4.78 is 2.01. The van der Waals surface area contributed by atoms with Crippen LogP contribution in [0.15, 0.2) is 78.0 Å². The van der Waals surface area contributed by atoms with Crippen LogP contribution in [0.1, 0.15) is 23.9 Å². The van der Waals surface area contributed by atoms with Gasteiger partial charge in [0.15, 0.2) is 5.16 Å². The normalized spacial score (nSPS) is 10.9. The van der Waals surface area contributed by atoms with E-state index < -0.39 is 0 Å². The number of amides is 1. The van der Waals surface area contributed by atoms with E-state index in [0.717, 1.165) is 23.5 Å². The van der Waals surface area contributed by atoms with Crippen LogP contribution in [0, 0.1) is 0 Å². The highest BCUT2D eigenvalue weighted by atomic mass is 35.5. The van der Waals surface area contributed by atoms with Gasteiger partial charge in [-0.25, -0.2) is 0 Å². The molecule has 0 atom stereocenters. The monoisotopic (exact) mass is 496 g/mol. The summed E-state index contributed by atoms with van der Waals surface area (Å²) in [6.07, 6.45) is 1.60. The van der Waals surface area contributed by atoms with Gasteiger partial charge in [0.2, 0.25) is 5.91 Å². The lowest BCUT2D eigenvalue weighted by atomic mass is 10.1. The first-order valence-corrected chi connectivity index (χ1v) is 12.2. The van der Waals surface area contributed by atoms with E-state index in [0.29, 0.717) is 27.3 Å². The Balaban J connectivity index is 1.56. The number of nitrogens with zero attached hydrogens (tertiary/aromatic N) is 3. The summed E-state index contributed by atoms with van der Waals surface area (Å²) in [6, 6.07) is 23.6. The van der Waals surface area contributed by atoms with Gasteiger partial charge in [0.1, 0.15) is 5.82 Å². The topological polar surface area (TPSA) is 59.8 Å². The van der Waals surface area contributed by atoms with E-state index in [1.807, 2.05) is 22.8 Å². The molecule has 1 aromatic heterocycles. The SMILES string of the molecule is CCc1ccc(-n2c(Cc3ccccc3)nnc2SCC(=O)Nc2cccc(Cl)c2Cl)cc1. The number of aromatic nitrogens is 3. The first-order valence-electron chi connectivity index (χ1n) is 10.5. The zero-order valence-corrected chi connectivity index (χ0v) is 20.3. The predicted octanol–water partition coefficient (Wildman–Crippen LogP) is 6.46. The molecule has 3 aromatic carbocycles. The Morgan fingerprint density at radius 3 is 2.42 bits per heavy atom. The molecule has 33 heavy (non-hydrogen) atoms. The average molecular weight is 497 g/mol. The third-order valence-corrected chi connectivity index (χ3v) is 6.81. The molecule has 1 heterocycles. The number of rotatable bonds is 8. The van der Waals surface area contributed by atoms with Crippen LogP contribution in [0.4, 0.5) is 5.69 Å². The standard InChI is InChI=1S/C25H22Cl2N4OS/c1-2-17-11-13-19(14-12-17)31-22(15-18-7-4-3-5-8-18)29-30-25(31)33-16-23(32)28-21-10-6-9-20(26)24(21)27/h3-14H,2,15-16H2,1H3,(H,28,32). The average Bonchev–Trinajstić information content (AvgIpc) is 3.23. The van der Waals surface area contributed by atoms with Crippen molar-refractivity contribution in [1.82, 2.24) is 14.8 Å². The second-order valence-electron chi connectivity index (χ2n) is 7.35. The van der Waals surface area contributed by atoms with E-state index in [2.05, 4.69) is 58.8 Å². The number of benzene rings is 3. The minimum Gasteiger partial charge on any atom is -0.324 e. The zero-order chi connectivity index (χ0) is 23.2. The zero-order valence-electron chi connectivity index (χ0n) is 18.0. The Hall–Kier alpha value is -2.80. The Kier molecular flexibility index (Phi) is 7.70. The van der Waals surface area contributed by atoms with Crippen LogP contribution in [0.5, 0.6) is 0 Å². The summed E-state index contributed by atoms with van der Waals surface area (Å²) in [5.41, 5.74) is 3.84. The third-order valence-electron chi connectivity index (χ3n) is 5.07. The first-order chi connectivity index (χ1) is 16.0. The van der Waals surface area contributed by atoms with Crippen LogP contribution in [0.3, 0.4) is 0 Å². The van der Waals surface area contributed by atoms with E-state index >= 15 is 0 Å². The number of aryl methyl sites for hydroxylation is 1. The highest BCUT2D eigenvalue weighted by Gasteiger charge is 2.17. The third kappa shape index (κ3) is 5.77. The molecular weight excluding hydrogens is 475 g/mol. The van der Waals surface area contributed by atoms with E-state index in [1.165, 1.54) is 17.3 Å². The van der Waals surface area contributed by atoms with E-state index in [9.17, 15) is 4.79 Å². The number of carbonyl (C=O) groups is 1. The number of carbonyl (C=O) groups excluding carboxylic acids is 1. The molecule has 1 N–H and O–H groups in total. The maximum absolute atomic E-state index is 12.6. The molecule has 0 saturated carbocycles. The van der Waals surface area contributed by atoms with Gasteiger partial charge in [-0.2, -0.15) is 0 Å². The molecule has 0 radical (unpaired) electrons. The lowest BCUT2D eigenvalue weighted by Gasteiger charge is -2.12. The number of thioether (sulfide) groups is 1. The molecule has 8 heteroatoms. The van der Waals surface area contributed by atoms with Gasteiger partial charge in [-0.15, -0.1) is 10.2 Å². The largest absolute Gasteiger partial charge is 0.324 e. The predicted molar refractivity (Wildman–Crippen MR) is 136 cm³/mol. The fraction of sp³-hybridized carbons (Fsp3) is 0.160. The first kappa shape index (κ1) is 23.4. The molecule has 0 fully saturated rings. The second kappa shape index (κ2) is 10.9. The number of nitrogens with one attached hydrogen (secondary N) is 1. The number of halogens is 2. The van der Waals surface area contributed by atoms with Gasteiger partial charge in [0.05, 0.1) is 21.5 Å². The van der Waals surface area contributed by atoms with Gasteiger partial charge in [0, 0.05) is 12.1 Å². The lowest BCUT2D eigenvalue weighted by Crippen LogP contribution is -2.15. The van der Waals surface area contributed by atoms with Gasteiger partial charge in [0.25, 0.3) is 0 Å². The van der Waals surface area contributed by atoms with Crippen LogP contribution in [-0.2, 0) is 17.6 Å². The van der Waals surface area contributed by atoms with E-state index in [-0.39, 0.29) is 11.7 Å². The maximum Gasteiger partial charge on any atom is 0.234 e. The molecule has 5 nitrogen and oxygen atoms in total. The summed E-state index contributed by atoms with van der Waals surface area (Å²) >= 11 is 13.5. The summed E-state index contributed by atoms with van der Waals surface area (Å²) in [7, 11) is 0. The molecule has 0 spiro atoms. The van der Waals surface area contributed by atoms with Crippen molar-refractivity contribution in [1.29, 1.82) is 0 Å². The van der Waals surface area contributed by atoms with Crippen LogP contribution >= 0.6 is 35.0 Å². The van der Waals surface area contributed by atoms with Crippen LogP contribution in [0.25, 0.3) is 5.69 Å². The molecule has 0 aliphatic heterocycles. The molecule has 4 rings (SSSR count). The molecule has 1 amide bonds. The molecule has 0 aliphatic carbocycles. The van der Waals surface area contributed by atoms with Gasteiger partial charge in [-0.05, 0) is 41.8 Å². The molecule has 168 valence electrons. The molecule has 0 unspecified atom stereocenters. The molecule has 4 aromatic rings. The van der Waals surface area contributed by atoms with Crippen LogP contribution in [-0.4, -0.2) is 26.4 Å². The van der Waals surface area contributed by atoms with Crippen LogP contribution in [0.2, 0.25) is 10.0 Å². The number of anilines is 1. The fourth-order valence-corrected chi connectivity index (χ4v) is 4.46.